The van der Waals surface area contributed by atoms with Crippen molar-refractivity contribution in [2.24, 2.45) is 11.7 Å². The molecule has 0 bridgehead atoms. The van der Waals surface area contributed by atoms with E-state index in [1.807, 2.05) is 31.2 Å². The minimum absolute atomic E-state index is 0.00366. The first-order valence-corrected chi connectivity index (χ1v) is 6.92. The average Bonchev–Trinajstić information content (AvgIpc) is 3.20. The van der Waals surface area contributed by atoms with Gasteiger partial charge in [-0.05, 0) is 56.4 Å². The Morgan fingerprint density at radius 1 is 1.42 bits per heavy atom. The molecule has 0 spiro atoms. The molecule has 1 aliphatic carbocycles. The molecular weight excluding hydrogens is 240 g/mol. The molecule has 104 valence electrons. The smallest absolute Gasteiger partial charge is 0.224 e. The number of ether oxygens (including phenoxy) is 1. The Morgan fingerprint density at radius 3 is 2.68 bits per heavy atom. The second-order valence-corrected chi connectivity index (χ2v) is 5.34. The largest absolute Gasteiger partial charge is 0.493 e. The maximum atomic E-state index is 11.6. The number of hydrogen-bond donors (Lipinski definition) is 2. The van der Waals surface area contributed by atoms with E-state index in [0.717, 1.165) is 24.0 Å². The summed E-state index contributed by atoms with van der Waals surface area (Å²) < 4.78 is 5.64. The van der Waals surface area contributed by atoms with E-state index in [0.29, 0.717) is 12.8 Å². The summed E-state index contributed by atoms with van der Waals surface area (Å²) in [6.45, 7) is 2.71. The van der Waals surface area contributed by atoms with Gasteiger partial charge < -0.3 is 15.8 Å². The number of hydrogen-bond acceptors (Lipinski definition) is 3. The third-order valence-corrected chi connectivity index (χ3v) is 3.15. The molecule has 1 atom stereocenters. The Kier molecular flexibility index (Phi) is 4.80. The number of benzene rings is 1. The van der Waals surface area contributed by atoms with Crippen molar-refractivity contribution >= 4 is 11.6 Å². The summed E-state index contributed by atoms with van der Waals surface area (Å²) in [6, 6.07) is 7.58. The second kappa shape index (κ2) is 6.57. The van der Waals surface area contributed by atoms with Crippen LogP contribution in [0.5, 0.6) is 5.75 Å². The third-order valence-electron chi connectivity index (χ3n) is 3.15. The van der Waals surface area contributed by atoms with Crippen LogP contribution < -0.4 is 15.8 Å². The maximum absolute atomic E-state index is 11.6. The van der Waals surface area contributed by atoms with Crippen LogP contribution in [0.4, 0.5) is 5.69 Å². The van der Waals surface area contributed by atoms with Crippen LogP contribution in [-0.4, -0.2) is 18.6 Å². The van der Waals surface area contributed by atoms with Crippen molar-refractivity contribution in [2.75, 3.05) is 11.9 Å². The van der Waals surface area contributed by atoms with Gasteiger partial charge in [-0.25, -0.2) is 0 Å². The molecule has 1 amide bonds. The molecule has 0 radical (unpaired) electrons. The van der Waals surface area contributed by atoms with E-state index in [1.165, 1.54) is 12.8 Å². The summed E-state index contributed by atoms with van der Waals surface area (Å²) >= 11 is 0. The SMILES string of the molecule is CC(N)CCC(=O)Nc1ccc(OCC2CC2)cc1. The molecule has 0 saturated heterocycles. The van der Waals surface area contributed by atoms with E-state index >= 15 is 0 Å². The van der Waals surface area contributed by atoms with Gasteiger partial charge in [0.2, 0.25) is 5.91 Å². The van der Waals surface area contributed by atoms with Crippen LogP contribution in [0.2, 0.25) is 0 Å². The molecule has 2 rings (SSSR count). The molecule has 1 fully saturated rings. The lowest BCUT2D eigenvalue weighted by Crippen LogP contribution is -2.19. The molecule has 0 aromatic heterocycles. The monoisotopic (exact) mass is 262 g/mol. The number of amides is 1. The van der Waals surface area contributed by atoms with Crippen molar-refractivity contribution in [3.8, 4) is 5.75 Å². The van der Waals surface area contributed by atoms with Crippen molar-refractivity contribution in [3.63, 3.8) is 0 Å². The van der Waals surface area contributed by atoms with Gasteiger partial charge in [-0.15, -0.1) is 0 Å². The molecule has 1 unspecified atom stereocenters. The van der Waals surface area contributed by atoms with Crippen LogP contribution in [-0.2, 0) is 4.79 Å². The van der Waals surface area contributed by atoms with Crippen LogP contribution in [0, 0.1) is 5.92 Å². The van der Waals surface area contributed by atoms with Gasteiger partial charge in [0.1, 0.15) is 5.75 Å². The zero-order chi connectivity index (χ0) is 13.7. The zero-order valence-electron chi connectivity index (χ0n) is 11.4. The minimum Gasteiger partial charge on any atom is -0.493 e. The highest BCUT2D eigenvalue weighted by Crippen LogP contribution is 2.29. The van der Waals surface area contributed by atoms with Gasteiger partial charge in [-0.3, -0.25) is 4.79 Å². The average molecular weight is 262 g/mol. The summed E-state index contributed by atoms with van der Waals surface area (Å²) in [5, 5.41) is 2.85. The molecule has 0 aliphatic heterocycles. The third kappa shape index (κ3) is 5.30. The summed E-state index contributed by atoms with van der Waals surface area (Å²) in [5.74, 6) is 1.61. The van der Waals surface area contributed by atoms with Gasteiger partial charge in [0.05, 0.1) is 6.61 Å². The van der Waals surface area contributed by atoms with E-state index in [-0.39, 0.29) is 11.9 Å². The summed E-state index contributed by atoms with van der Waals surface area (Å²) in [5.41, 5.74) is 6.42. The fourth-order valence-corrected chi connectivity index (χ4v) is 1.72. The highest BCUT2D eigenvalue weighted by molar-refractivity contribution is 5.90. The first-order chi connectivity index (χ1) is 9.13. The summed E-state index contributed by atoms with van der Waals surface area (Å²) in [7, 11) is 0. The minimum atomic E-state index is 0.00366. The second-order valence-electron chi connectivity index (χ2n) is 5.34. The highest BCUT2D eigenvalue weighted by atomic mass is 16.5. The van der Waals surface area contributed by atoms with E-state index < -0.39 is 0 Å². The zero-order valence-corrected chi connectivity index (χ0v) is 11.4. The van der Waals surface area contributed by atoms with Crippen LogP contribution in [0.1, 0.15) is 32.6 Å². The number of nitrogens with one attached hydrogen (secondary N) is 1. The Labute approximate surface area is 114 Å². The number of carbonyl (C=O) groups excluding carboxylic acids is 1. The fourth-order valence-electron chi connectivity index (χ4n) is 1.72. The summed E-state index contributed by atoms with van der Waals surface area (Å²) in [4.78, 5) is 11.6. The van der Waals surface area contributed by atoms with E-state index in [4.69, 9.17) is 10.5 Å². The summed E-state index contributed by atoms with van der Waals surface area (Å²) in [6.07, 6.45) is 3.73. The van der Waals surface area contributed by atoms with Crippen molar-refractivity contribution < 1.29 is 9.53 Å². The van der Waals surface area contributed by atoms with Gasteiger partial charge in [-0.2, -0.15) is 0 Å². The molecule has 1 saturated carbocycles. The molecule has 19 heavy (non-hydrogen) atoms. The van der Waals surface area contributed by atoms with Crippen molar-refractivity contribution in [1.82, 2.24) is 0 Å². The quantitative estimate of drug-likeness (QED) is 0.793. The van der Waals surface area contributed by atoms with Gasteiger partial charge in [-0.1, -0.05) is 0 Å². The fraction of sp³-hybridized carbons (Fsp3) is 0.533. The van der Waals surface area contributed by atoms with Crippen molar-refractivity contribution in [3.05, 3.63) is 24.3 Å². The lowest BCUT2D eigenvalue weighted by atomic mass is 10.2. The normalized spacial score (nSPS) is 15.9. The first-order valence-electron chi connectivity index (χ1n) is 6.92. The van der Waals surface area contributed by atoms with Crippen LogP contribution in [0.3, 0.4) is 0 Å². The van der Waals surface area contributed by atoms with Crippen LogP contribution in [0.25, 0.3) is 0 Å². The van der Waals surface area contributed by atoms with Gasteiger partial charge >= 0.3 is 0 Å². The lowest BCUT2D eigenvalue weighted by molar-refractivity contribution is -0.116. The molecule has 4 heteroatoms. The topological polar surface area (TPSA) is 64.4 Å². The van der Waals surface area contributed by atoms with E-state index in [9.17, 15) is 4.79 Å². The lowest BCUT2D eigenvalue weighted by Gasteiger charge is -2.08. The number of nitrogens with two attached hydrogens (primary N) is 1. The van der Waals surface area contributed by atoms with Crippen LogP contribution >= 0.6 is 0 Å². The standard InChI is InChI=1S/C15H22N2O2/c1-11(16)2-9-15(18)17-13-5-7-14(8-6-13)19-10-12-3-4-12/h5-8,11-12H,2-4,9-10,16H2,1H3,(H,17,18). The molecule has 0 heterocycles. The maximum Gasteiger partial charge on any atom is 0.224 e. The van der Waals surface area contributed by atoms with E-state index in [1.54, 1.807) is 0 Å². The Balaban J connectivity index is 1.75. The predicted octanol–water partition coefficient (Wildman–Crippen LogP) is 2.54. The molecule has 4 nitrogen and oxygen atoms in total. The van der Waals surface area contributed by atoms with Gasteiger partial charge in [0.15, 0.2) is 0 Å². The molecular formula is C15H22N2O2. The van der Waals surface area contributed by atoms with Crippen molar-refractivity contribution in [2.45, 2.75) is 38.6 Å². The number of anilines is 1. The van der Waals surface area contributed by atoms with Crippen molar-refractivity contribution in [1.29, 1.82) is 0 Å². The van der Waals surface area contributed by atoms with Crippen LogP contribution in [0.15, 0.2) is 24.3 Å². The molecule has 1 aromatic rings. The number of rotatable bonds is 7. The molecule has 1 aromatic carbocycles. The van der Waals surface area contributed by atoms with E-state index in [2.05, 4.69) is 5.32 Å². The Bertz CT molecular complexity index is 411. The molecule has 1 aliphatic rings. The van der Waals surface area contributed by atoms with Gasteiger partial charge in [0, 0.05) is 18.2 Å². The Morgan fingerprint density at radius 2 is 2.11 bits per heavy atom. The Hall–Kier alpha value is -1.55. The highest BCUT2D eigenvalue weighted by Gasteiger charge is 2.21. The molecule has 3 N–H and O–H groups in total. The first kappa shape index (κ1) is 13.9. The predicted molar refractivity (Wildman–Crippen MR) is 76.2 cm³/mol. The van der Waals surface area contributed by atoms with Gasteiger partial charge in [0.25, 0.3) is 0 Å². The number of carbonyl (C=O) groups is 1.